The molecular formula is C52H72B2N8O13. The molecule has 2 aliphatic rings. The number of aliphatic carboxylic acids is 2. The summed E-state index contributed by atoms with van der Waals surface area (Å²) in [5, 5.41) is 41.4. The molecule has 21 nitrogen and oxygen atoms in total. The van der Waals surface area contributed by atoms with E-state index in [2.05, 4.69) is 44.4 Å². The fourth-order valence-electron chi connectivity index (χ4n) is 9.59. The maximum absolute atomic E-state index is 13.9. The van der Waals surface area contributed by atoms with Gasteiger partial charge in [0, 0.05) is 43.7 Å². The van der Waals surface area contributed by atoms with Gasteiger partial charge in [0.15, 0.2) is 11.6 Å². The first-order valence-electron chi connectivity index (χ1n) is 25.4. The highest BCUT2D eigenvalue weighted by Crippen LogP contribution is 2.47. The molecule has 2 unspecified atom stereocenters. The summed E-state index contributed by atoms with van der Waals surface area (Å²) < 4.78 is 12.7. The van der Waals surface area contributed by atoms with Crippen LogP contribution in [0.5, 0.6) is 0 Å². The molecule has 23 heteroatoms. The van der Waals surface area contributed by atoms with Crippen LogP contribution in [-0.2, 0) is 46.1 Å². The number of hydrogen-bond donors (Lipinski definition) is 6. The molecular weight excluding hydrogens is 966 g/mol. The summed E-state index contributed by atoms with van der Waals surface area (Å²) >= 11 is 0. The zero-order chi connectivity index (χ0) is 55.1. The predicted octanol–water partition coefficient (Wildman–Crippen LogP) is 3.48. The molecule has 2 amide bonds. The molecule has 2 saturated heterocycles. The first kappa shape index (κ1) is 60.8. The Morgan fingerprint density at radius 1 is 0.760 bits per heavy atom. The molecule has 2 aromatic carbocycles. The number of amides is 2. The third-order valence-electron chi connectivity index (χ3n) is 13.2. The fourth-order valence-corrected chi connectivity index (χ4v) is 9.59. The van der Waals surface area contributed by atoms with Gasteiger partial charge in [0.25, 0.3) is 5.91 Å². The zero-order valence-corrected chi connectivity index (χ0v) is 43.7. The van der Waals surface area contributed by atoms with Gasteiger partial charge >= 0.3 is 31.7 Å². The van der Waals surface area contributed by atoms with Crippen molar-refractivity contribution in [1.82, 2.24) is 35.5 Å². The molecule has 0 radical (unpaired) electrons. The van der Waals surface area contributed by atoms with E-state index in [1.54, 1.807) is 6.92 Å². The van der Waals surface area contributed by atoms with Crippen LogP contribution in [0.3, 0.4) is 0 Å². The van der Waals surface area contributed by atoms with Crippen molar-refractivity contribution in [2.45, 2.75) is 97.9 Å². The minimum absolute atomic E-state index is 0.0463. The Hall–Kier alpha value is -6.78. The highest BCUT2D eigenvalue weighted by Gasteiger charge is 2.66. The fraction of sp³-hybridized carbons (Fsp3) is 0.481. The molecule has 0 bridgehead atoms. The van der Waals surface area contributed by atoms with Gasteiger partial charge in [-0.1, -0.05) is 102 Å². The van der Waals surface area contributed by atoms with E-state index >= 15 is 0 Å². The molecule has 6 rings (SSSR count). The number of aromatic nitrogens is 4. The molecule has 0 aliphatic carbocycles. The molecule has 0 spiro atoms. The summed E-state index contributed by atoms with van der Waals surface area (Å²) in [5.74, 6) is -4.83. The van der Waals surface area contributed by atoms with Gasteiger partial charge in [0.05, 0.1) is 50.6 Å². The van der Waals surface area contributed by atoms with E-state index in [0.29, 0.717) is 56.3 Å². The van der Waals surface area contributed by atoms with Crippen LogP contribution in [0.2, 0.25) is 5.82 Å². The zero-order valence-electron chi connectivity index (χ0n) is 43.7. The lowest BCUT2D eigenvalue weighted by Crippen LogP contribution is -2.65. The summed E-state index contributed by atoms with van der Waals surface area (Å²) in [6.07, 6.45) is 10.5. The number of nitrogens with one attached hydrogen (secondary N) is 2. The van der Waals surface area contributed by atoms with E-state index in [1.165, 1.54) is 42.1 Å². The van der Waals surface area contributed by atoms with Gasteiger partial charge in [0.2, 0.25) is 5.91 Å². The lowest BCUT2D eigenvalue weighted by Gasteiger charge is -2.48. The number of quaternary nitrogens is 1. The Kier molecular flexibility index (Phi) is 24.3. The SMILES string of the molecule is CC(C)C[C@H](NC(=O)[C@@H](CC(=O)c1cnccn1)Cc1ccccc1)B(O)O.CCN(CC(=O)O)CC(=O)O.CC[N+]12CCO[B-]1([C@@H](CC(=O)[C@H](Cc1ccccc1)NC(=O)c1cnccn1)CC(C)C)OC(=O)C2. The molecule has 4 heterocycles. The van der Waals surface area contributed by atoms with E-state index < -0.39 is 49.6 Å². The van der Waals surface area contributed by atoms with E-state index in [9.17, 15) is 43.6 Å². The number of fused-ring (bicyclic) bond motifs is 1. The lowest BCUT2D eigenvalue weighted by molar-refractivity contribution is -0.817. The number of carboxylic acid groups (broad SMARTS) is 2. The van der Waals surface area contributed by atoms with Crippen LogP contribution in [0.1, 0.15) is 99.3 Å². The smallest absolute Gasteiger partial charge is 0.531 e. The average molecular weight is 1040 g/mol. The maximum Gasteiger partial charge on any atom is 0.531 e. The number of nitrogens with zero attached hydrogens (tertiary/aromatic N) is 6. The quantitative estimate of drug-likeness (QED) is 0.0387. The number of carbonyl (C=O) groups excluding carboxylic acids is 5. The van der Waals surface area contributed by atoms with Gasteiger partial charge < -0.3 is 44.6 Å². The van der Waals surface area contributed by atoms with E-state index in [4.69, 9.17) is 19.5 Å². The molecule has 404 valence electrons. The molecule has 0 saturated carbocycles. The summed E-state index contributed by atoms with van der Waals surface area (Å²) in [6, 6.07) is 18.2. The van der Waals surface area contributed by atoms with Gasteiger partial charge in [-0.15, -0.1) is 0 Å². The van der Waals surface area contributed by atoms with Crippen molar-refractivity contribution in [3.05, 3.63) is 120 Å². The predicted molar refractivity (Wildman–Crippen MR) is 278 cm³/mol. The summed E-state index contributed by atoms with van der Waals surface area (Å²) in [6.45, 7) is 11.9. The number of rotatable bonds is 26. The highest BCUT2D eigenvalue weighted by atomic mass is 16.7. The number of hydrogen-bond acceptors (Lipinski definition) is 16. The van der Waals surface area contributed by atoms with Gasteiger partial charge in [-0.05, 0) is 67.9 Å². The Morgan fingerprint density at radius 2 is 1.32 bits per heavy atom. The second kappa shape index (κ2) is 29.9. The number of Topliss-reactive ketones (excluding diaryl/α,β-unsaturated/α-hetero) is 2. The van der Waals surface area contributed by atoms with Gasteiger partial charge in [0.1, 0.15) is 17.9 Å². The average Bonchev–Trinajstić information content (AvgIpc) is 3.88. The van der Waals surface area contributed by atoms with Crippen molar-refractivity contribution >= 4 is 55.1 Å². The topological polar surface area (TPSA) is 298 Å². The van der Waals surface area contributed by atoms with Gasteiger partial charge in [-0.2, -0.15) is 0 Å². The van der Waals surface area contributed by atoms with Gasteiger partial charge in [-0.3, -0.25) is 48.4 Å². The minimum Gasteiger partial charge on any atom is -0.611 e. The number of benzene rings is 2. The van der Waals surface area contributed by atoms with Gasteiger partial charge in [-0.25, -0.2) is 9.97 Å². The largest absolute Gasteiger partial charge is 0.611 e. The Labute approximate surface area is 438 Å². The van der Waals surface area contributed by atoms with Crippen molar-refractivity contribution < 1.29 is 67.5 Å². The monoisotopic (exact) mass is 1040 g/mol. The van der Waals surface area contributed by atoms with Crippen molar-refractivity contribution in [1.29, 1.82) is 0 Å². The second-order valence-corrected chi connectivity index (χ2v) is 19.7. The summed E-state index contributed by atoms with van der Waals surface area (Å²) in [7, 11) is -1.67. The normalized spacial score (nSPS) is 18.2. The first-order valence-corrected chi connectivity index (χ1v) is 25.4. The number of ketones is 2. The van der Waals surface area contributed by atoms with Crippen LogP contribution in [-0.4, -0.2) is 162 Å². The van der Waals surface area contributed by atoms with Crippen molar-refractivity contribution in [2.24, 2.45) is 17.8 Å². The van der Waals surface area contributed by atoms with Crippen molar-refractivity contribution in [3.63, 3.8) is 0 Å². The van der Waals surface area contributed by atoms with Crippen LogP contribution in [0.4, 0.5) is 0 Å². The van der Waals surface area contributed by atoms with E-state index in [-0.39, 0.29) is 85.0 Å². The highest BCUT2D eigenvalue weighted by molar-refractivity contribution is 6.65. The van der Waals surface area contributed by atoms with Crippen LogP contribution >= 0.6 is 0 Å². The first-order chi connectivity index (χ1) is 35.7. The maximum atomic E-state index is 13.9. The van der Waals surface area contributed by atoms with E-state index in [0.717, 1.165) is 11.1 Å². The third kappa shape index (κ3) is 18.8. The Bertz CT molecular complexity index is 2450. The molecule has 4 aromatic rings. The number of carbonyl (C=O) groups is 7. The number of likely N-dealkylation sites (N-methyl/N-ethyl adjacent to an activating group) is 2. The van der Waals surface area contributed by atoms with Crippen LogP contribution in [0.25, 0.3) is 0 Å². The van der Waals surface area contributed by atoms with Crippen LogP contribution in [0.15, 0.2) is 97.8 Å². The molecule has 75 heavy (non-hydrogen) atoms. The minimum atomic E-state index is -2.03. The van der Waals surface area contributed by atoms with Crippen LogP contribution < -0.4 is 10.6 Å². The standard InChI is InChI=1S/C26H35BN4O5.C20H26BN3O4.C6H11NO4/c1-4-31-12-13-35-27(31,36-25(33)18-31)21(14-19(2)3)16-24(32)22(15-20-8-6-5-7-9-20)30-26(34)23-17-28-10-11-29-23;1-14(2)10-19(21(27)28)24-20(26)16(11-15-6-4-3-5-7-15)12-18(25)17-13-22-8-9-23-17;1-2-7(3-5(8)9)4-6(10)11/h5-11,17,19,21-22H,4,12-16,18H2,1-3H3,(H,30,34);3-9,13-14,16,19,27-28H,10-12H2,1-2H3,(H,24,26);2-4H2,1H3,(H,8,9)(H,10,11)/t21-,22+,27?,31?;16-,19+;/m11./s1. The molecule has 6 N–H and O–H groups in total. The lowest BCUT2D eigenvalue weighted by atomic mass is 9.51. The second-order valence-electron chi connectivity index (χ2n) is 19.7. The number of carboxylic acids is 2. The van der Waals surface area contributed by atoms with E-state index in [1.807, 2.05) is 81.4 Å². The summed E-state index contributed by atoms with van der Waals surface area (Å²) in [5.41, 5.74) is 2.20. The molecule has 2 aliphatic heterocycles. The van der Waals surface area contributed by atoms with Crippen LogP contribution in [0, 0.1) is 17.8 Å². The van der Waals surface area contributed by atoms with Crippen molar-refractivity contribution in [2.75, 3.05) is 45.9 Å². The Balaban J connectivity index is 0.000000277. The Morgan fingerprint density at radius 3 is 1.81 bits per heavy atom. The molecule has 6 atom stereocenters. The summed E-state index contributed by atoms with van der Waals surface area (Å²) in [4.78, 5) is 102. The molecule has 2 aromatic heterocycles. The third-order valence-corrected chi connectivity index (χ3v) is 13.2. The molecule has 2 fully saturated rings. The van der Waals surface area contributed by atoms with Crippen molar-refractivity contribution in [3.8, 4) is 0 Å².